The van der Waals surface area contributed by atoms with Crippen molar-refractivity contribution in [3.63, 3.8) is 0 Å². The van der Waals surface area contributed by atoms with Gasteiger partial charge in [-0.3, -0.25) is 14.4 Å². The van der Waals surface area contributed by atoms with Gasteiger partial charge in [-0.05, 0) is 31.1 Å². The number of rotatable bonds is 4. The lowest BCUT2D eigenvalue weighted by atomic mass is 9.84. The van der Waals surface area contributed by atoms with Crippen LogP contribution in [0.4, 0.5) is 13.2 Å². The number of carbonyl (C=O) groups is 3. The minimum Gasteiger partial charge on any atom is -0.343 e. The number of nitrogens with one attached hydrogen (secondary N) is 2. The summed E-state index contributed by atoms with van der Waals surface area (Å²) in [5.41, 5.74) is -0.0519. The molecule has 1 aliphatic heterocycles. The molecule has 1 unspecified atom stereocenters. The second-order valence-corrected chi connectivity index (χ2v) is 8.62. The van der Waals surface area contributed by atoms with Crippen molar-refractivity contribution in [3.05, 3.63) is 12.7 Å². The Morgan fingerprint density at radius 3 is 1.97 bits per heavy atom. The van der Waals surface area contributed by atoms with Crippen molar-refractivity contribution in [3.8, 4) is 6.07 Å². The van der Waals surface area contributed by atoms with Crippen LogP contribution >= 0.6 is 0 Å². The van der Waals surface area contributed by atoms with Crippen molar-refractivity contribution < 1.29 is 27.6 Å². The van der Waals surface area contributed by atoms with Crippen molar-refractivity contribution in [1.82, 2.24) is 15.5 Å². The van der Waals surface area contributed by atoms with E-state index in [0.29, 0.717) is 19.5 Å². The molecule has 0 aromatic heterocycles. The molecule has 10 heteroatoms. The normalized spacial score (nSPS) is 17.0. The van der Waals surface area contributed by atoms with Crippen LogP contribution in [-0.2, 0) is 14.4 Å². The van der Waals surface area contributed by atoms with Crippen LogP contribution in [0.5, 0.6) is 0 Å². The topological polar surface area (TPSA) is 102 Å². The number of likely N-dealkylation sites (tertiary alicyclic amines) is 1. The summed E-state index contributed by atoms with van der Waals surface area (Å²) in [5, 5.41) is 11.8. The number of nitrogens with zero attached hydrogens (tertiary/aromatic N) is 2. The maximum atomic E-state index is 11.9. The highest BCUT2D eigenvalue weighted by molar-refractivity contribution is 5.87. The zero-order valence-corrected chi connectivity index (χ0v) is 20.5. The number of carbonyl (C=O) groups excluding carboxylic acids is 3. The first-order valence-corrected chi connectivity index (χ1v) is 10.3. The highest BCUT2D eigenvalue weighted by Gasteiger charge is 2.41. The van der Waals surface area contributed by atoms with Crippen LogP contribution in [0, 0.1) is 28.6 Å². The minimum atomic E-state index is -4.95. The number of hydrogen-bond donors (Lipinski definition) is 2. The Kier molecular flexibility index (Phi) is 18.1. The van der Waals surface area contributed by atoms with E-state index in [-0.39, 0.29) is 17.4 Å². The third-order valence-electron chi connectivity index (χ3n) is 3.95. The van der Waals surface area contributed by atoms with Gasteiger partial charge in [0.1, 0.15) is 6.04 Å². The van der Waals surface area contributed by atoms with E-state index in [2.05, 4.69) is 32.7 Å². The van der Waals surface area contributed by atoms with Crippen molar-refractivity contribution in [1.29, 1.82) is 5.26 Å². The average Bonchev–Trinajstić information content (AvgIpc) is 2.92. The summed E-state index contributed by atoms with van der Waals surface area (Å²) in [7, 11) is 0. The Labute approximate surface area is 190 Å². The number of halogens is 3. The van der Waals surface area contributed by atoms with Crippen LogP contribution in [0.25, 0.3) is 0 Å². The molecule has 2 N–H and O–H groups in total. The molecule has 1 saturated heterocycles. The molecule has 0 aromatic carbocycles. The average molecular weight is 465 g/mol. The number of nitriles is 1. The molecule has 0 saturated carbocycles. The first kappa shape index (κ1) is 34.1. The maximum absolute atomic E-state index is 11.9. The van der Waals surface area contributed by atoms with Gasteiger partial charge in [-0.25, -0.2) is 0 Å². The molecule has 3 amide bonds. The van der Waals surface area contributed by atoms with Gasteiger partial charge in [-0.1, -0.05) is 47.6 Å². The Hall–Kier alpha value is -2.57. The monoisotopic (exact) mass is 464 g/mol. The van der Waals surface area contributed by atoms with Gasteiger partial charge in [0.2, 0.25) is 12.3 Å². The van der Waals surface area contributed by atoms with Crippen LogP contribution in [-0.4, -0.2) is 55.0 Å². The number of alkyl halides is 3. The van der Waals surface area contributed by atoms with Crippen molar-refractivity contribution >= 4 is 18.2 Å². The summed E-state index contributed by atoms with van der Waals surface area (Å²) in [5.74, 6) is -1.45. The zero-order valence-electron chi connectivity index (χ0n) is 20.5. The SMILES string of the molecule is C=CC.CC(C#N)NC=O.CC(C)C.C[C@H]1CN(C(=O)CNC(=O)C(F)(F)F)CC1(C)C. The van der Waals surface area contributed by atoms with Gasteiger partial charge in [-0.15, -0.1) is 6.58 Å². The van der Waals surface area contributed by atoms with Crippen LogP contribution in [0.1, 0.15) is 55.4 Å². The summed E-state index contributed by atoms with van der Waals surface area (Å²) in [6.07, 6.45) is -2.69. The van der Waals surface area contributed by atoms with E-state index in [1.54, 1.807) is 18.3 Å². The van der Waals surface area contributed by atoms with Crippen LogP contribution < -0.4 is 10.6 Å². The second-order valence-electron chi connectivity index (χ2n) is 8.62. The lowest BCUT2D eigenvalue weighted by molar-refractivity contribution is -0.174. The first-order chi connectivity index (χ1) is 14.5. The molecule has 1 rings (SSSR count). The van der Waals surface area contributed by atoms with Crippen molar-refractivity contribution in [2.45, 2.75) is 67.6 Å². The molecular formula is C22H39F3N4O3. The maximum Gasteiger partial charge on any atom is 0.471 e. The Morgan fingerprint density at radius 1 is 1.28 bits per heavy atom. The summed E-state index contributed by atoms with van der Waals surface area (Å²) >= 11 is 0. The van der Waals surface area contributed by atoms with Gasteiger partial charge in [-0.2, -0.15) is 18.4 Å². The molecule has 7 nitrogen and oxygen atoms in total. The lowest BCUT2D eigenvalue weighted by Gasteiger charge is -2.22. The largest absolute Gasteiger partial charge is 0.471 e. The van der Waals surface area contributed by atoms with Gasteiger partial charge in [0.25, 0.3) is 0 Å². The second kappa shape index (κ2) is 17.0. The van der Waals surface area contributed by atoms with E-state index in [1.165, 1.54) is 4.90 Å². The summed E-state index contributed by atoms with van der Waals surface area (Å²) in [6, 6.07) is 1.46. The third kappa shape index (κ3) is 18.2. The molecule has 1 fully saturated rings. The van der Waals surface area contributed by atoms with Gasteiger partial charge < -0.3 is 15.5 Å². The zero-order chi connectivity index (χ0) is 26.1. The number of amides is 3. The van der Waals surface area contributed by atoms with E-state index in [1.807, 2.05) is 33.8 Å². The molecule has 186 valence electrons. The van der Waals surface area contributed by atoms with E-state index >= 15 is 0 Å². The number of allylic oxidation sites excluding steroid dienone is 1. The van der Waals surface area contributed by atoms with E-state index < -0.39 is 24.5 Å². The van der Waals surface area contributed by atoms with Gasteiger partial charge in [0, 0.05) is 13.1 Å². The molecule has 1 aliphatic rings. The fraction of sp³-hybridized carbons (Fsp3) is 0.727. The fourth-order valence-electron chi connectivity index (χ4n) is 1.99. The quantitative estimate of drug-likeness (QED) is 0.489. The van der Waals surface area contributed by atoms with Gasteiger partial charge in [0.15, 0.2) is 0 Å². The third-order valence-corrected chi connectivity index (χ3v) is 3.95. The number of hydrogen-bond acceptors (Lipinski definition) is 4. The first-order valence-electron chi connectivity index (χ1n) is 10.3. The molecule has 0 aliphatic carbocycles. The fourth-order valence-corrected chi connectivity index (χ4v) is 1.99. The molecule has 0 spiro atoms. The predicted octanol–water partition coefficient (Wildman–Crippen LogP) is 3.67. The molecule has 1 heterocycles. The summed E-state index contributed by atoms with van der Waals surface area (Å²) in [6.45, 7) is 19.7. The van der Waals surface area contributed by atoms with E-state index in [4.69, 9.17) is 5.26 Å². The highest BCUT2D eigenvalue weighted by atomic mass is 19.4. The van der Waals surface area contributed by atoms with Gasteiger partial charge >= 0.3 is 12.1 Å². The Bertz CT molecular complexity index is 612. The standard InChI is InChI=1S/C11H17F3N2O2.C4H6N2O.C4H10.C3H6/c1-7-5-16(6-10(7,2)3)8(17)4-15-9(18)11(12,13)14;1-4(2-5)6-3-7;1-4(2)3;1-3-2/h7H,4-6H2,1-3H3,(H,15,18);3-4H,1H3,(H,6,7);4H,1-3H3;3H,1H2,2H3/t7-;;;/m0.../s1. The van der Waals surface area contributed by atoms with Gasteiger partial charge in [0.05, 0.1) is 12.6 Å². The molecular weight excluding hydrogens is 425 g/mol. The van der Waals surface area contributed by atoms with E-state index in [0.717, 1.165) is 5.92 Å². The molecule has 0 aromatic rings. The summed E-state index contributed by atoms with van der Waals surface area (Å²) in [4.78, 5) is 33.2. The van der Waals surface area contributed by atoms with Crippen LogP contribution in [0.15, 0.2) is 12.7 Å². The molecule has 32 heavy (non-hydrogen) atoms. The molecule has 0 radical (unpaired) electrons. The Balaban J connectivity index is -0.000000494. The molecule has 0 bridgehead atoms. The minimum absolute atomic E-state index is 0.0519. The summed E-state index contributed by atoms with van der Waals surface area (Å²) < 4.78 is 35.8. The van der Waals surface area contributed by atoms with Crippen LogP contribution in [0.2, 0.25) is 0 Å². The van der Waals surface area contributed by atoms with Crippen molar-refractivity contribution in [2.75, 3.05) is 19.6 Å². The van der Waals surface area contributed by atoms with E-state index in [9.17, 15) is 27.6 Å². The highest BCUT2D eigenvalue weighted by Crippen LogP contribution is 2.34. The molecule has 2 atom stereocenters. The smallest absolute Gasteiger partial charge is 0.343 e. The Morgan fingerprint density at radius 2 is 1.72 bits per heavy atom. The predicted molar refractivity (Wildman–Crippen MR) is 119 cm³/mol. The van der Waals surface area contributed by atoms with Crippen molar-refractivity contribution in [2.24, 2.45) is 17.3 Å². The lowest BCUT2D eigenvalue weighted by Crippen LogP contribution is -2.44. The van der Waals surface area contributed by atoms with Crippen LogP contribution in [0.3, 0.4) is 0 Å².